The number of benzene rings is 1. The first-order valence-corrected chi connectivity index (χ1v) is 4.91. The van der Waals surface area contributed by atoms with Gasteiger partial charge in [-0.25, -0.2) is 0 Å². The third-order valence-corrected chi connectivity index (χ3v) is 3.33. The van der Waals surface area contributed by atoms with E-state index in [2.05, 4.69) is 20.3 Å². The van der Waals surface area contributed by atoms with Crippen LogP contribution < -0.4 is 0 Å². The van der Waals surface area contributed by atoms with Crippen LogP contribution in [0.2, 0.25) is 5.02 Å². The van der Waals surface area contributed by atoms with Crippen LogP contribution in [0.25, 0.3) is 10.1 Å². The first-order valence-electron chi connectivity index (χ1n) is 2.97. The molecule has 1 aromatic heterocycles. The van der Waals surface area contributed by atoms with E-state index in [1.807, 2.05) is 18.3 Å². The van der Waals surface area contributed by atoms with Gasteiger partial charge in [-0.1, -0.05) is 11.6 Å². The molecule has 56 valence electrons. The summed E-state index contributed by atoms with van der Waals surface area (Å²) in [5.74, 6) is 0. The first-order chi connectivity index (χ1) is 5.27. The van der Waals surface area contributed by atoms with Crippen molar-refractivity contribution >= 4 is 49.1 Å². The van der Waals surface area contributed by atoms with Gasteiger partial charge in [0, 0.05) is 21.1 Å². The third kappa shape index (κ3) is 1.28. The molecule has 2 rings (SSSR count). The molecule has 4 heteroatoms. The third-order valence-electron chi connectivity index (χ3n) is 1.37. The lowest BCUT2D eigenvalue weighted by molar-refractivity contribution is 1.60. The fourth-order valence-corrected chi connectivity index (χ4v) is 2.59. The number of halogens is 2. The van der Waals surface area contributed by atoms with Crippen molar-refractivity contribution < 1.29 is 0 Å². The minimum absolute atomic E-state index is 0.740. The summed E-state index contributed by atoms with van der Waals surface area (Å²) in [6.07, 6.45) is 1.82. The van der Waals surface area contributed by atoms with Gasteiger partial charge < -0.3 is 0 Å². The van der Waals surface area contributed by atoms with Crippen molar-refractivity contribution in [2.45, 2.75) is 0 Å². The quantitative estimate of drug-likeness (QED) is 0.692. The predicted octanol–water partition coefficient (Wildman–Crippen LogP) is 3.71. The van der Waals surface area contributed by atoms with E-state index in [4.69, 9.17) is 11.6 Å². The van der Waals surface area contributed by atoms with E-state index >= 15 is 0 Å². The molecule has 0 fully saturated rings. The zero-order valence-electron chi connectivity index (χ0n) is 5.34. The maximum absolute atomic E-state index is 5.83. The summed E-state index contributed by atoms with van der Waals surface area (Å²) in [5, 5.41) is 1.83. The molecule has 1 aromatic carbocycles. The Kier molecular flexibility index (Phi) is 1.87. The normalized spacial score (nSPS) is 10.7. The van der Waals surface area contributed by atoms with Crippen LogP contribution in [0, 0.1) is 0 Å². The molecule has 0 amide bonds. The first kappa shape index (κ1) is 7.53. The predicted molar refractivity (Wildman–Crippen MR) is 52.3 cm³/mol. The molecule has 2 aromatic rings. The number of fused-ring (bicyclic) bond motifs is 1. The largest absolute Gasteiger partial charge is 0.200 e. The number of aromatic nitrogens is 1. The fourth-order valence-electron chi connectivity index (χ4n) is 0.908. The molecule has 0 N–H and O–H groups in total. The molecule has 0 aliphatic rings. The van der Waals surface area contributed by atoms with Gasteiger partial charge in [-0.2, -0.15) is 4.37 Å². The van der Waals surface area contributed by atoms with E-state index in [9.17, 15) is 0 Å². The Hall–Kier alpha value is -0.120. The van der Waals surface area contributed by atoms with Gasteiger partial charge in [-0.3, -0.25) is 0 Å². The average molecular weight is 249 g/mol. The summed E-state index contributed by atoms with van der Waals surface area (Å²) >= 11 is 10.7. The molecule has 0 spiro atoms. The van der Waals surface area contributed by atoms with Crippen molar-refractivity contribution in [2.24, 2.45) is 0 Å². The Balaban J connectivity index is 2.91. The average Bonchev–Trinajstić information content (AvgIpc) is 2.34. The van der Waals surface area contributed by atoms with Crippen molar-refractivity contribution in [3.05, 3.63) is 27.8 Å². The minimum Gasteiger partial charge on any atom is -0.200 e. The second-order valence-electron chi connectivity index (χ2n) is 2.13. The van der Waals surface area contributed by atoms with Gasteiger partial charge in [0.05, 0.1) is 4.70 Å². The highest BCUT2D eigenvalue weighted by Crippen LogP contribution is 2.30. The monoisotopic (exact) mass is 247 g/mol. The molecular formula is C7H3BrClNS. The highest BCUT2D eigenvalue weighted by molar-refractivity contribution is 9.10. The molecule has 0 aliphatic carbocycles. The molecular weight excluding hydrogens is 246 g/mol. The molecule has 0 bridgehead atoms. The van der Waals surface area contributed by atoms with Crippen LogP contribution in [0.5, 0.6) is 0 Å². The highest BCUT2D eigenvalue weighted by atomic mass is 79.9. The van der Waals surface area contributed by atoms with Gasteiger partial charge in [0.25, 0.3) is 0 Å². The minimum atomic E-state index is 0.740. The van der Waals surface area contributed by atoms with Crippen LogP contribution in [-0.2, 0) is 0 Å². The second-order valence-corrected chi connectivity index (χ2v) is 4.22. The van der Waals surface area contributed by atoms with E-state index in [1.165, 1.54) is 11.5 Å². The van der Waals surface area contributed by atoms with Gasteiger partial charge in [0.2, 0.25) is 0 Å². The summed E-state index contributed by atoms with van der Waals surface area (Å²) in [7, 11) is 0. The van der Waals surface area contributed by atoms with Crippen LogP contribution in [0.1, 0.15) is 0 Å². The standard InChI is InChI=1S/C7H3BrClNS/c8-6-2-5(9)1-4-3-10-11-7(4)6/h1-3H. The van der Waals surface area contributed by atoms with Gasteiger partial charge >= 0.3 is 0 Å². The van der Waals surface area contributed by atoms with Gasteiger partial charge in [0.1, 0.15) is 0 Å². The van der Waals surface area contributed by atoms with Crippen LogP contribution in [0.3, 0.4) is 0 Å². The maximum Gasteiger partial charge on any atom is 0.0693 e. The summed E-state index contributed by atoms with van der Waals surface area (Å²) in [6.45, 7) is 0. The van der Waals surface area contributed by atoms with Crippen molar-refractivity contribution in [3.8, 4) is 0 Å². The van der Waals surface area contributed by atoms with Crippen molar-refractivity contribution in [3.63, 3.8) is 0 Å². The van der Waals surface area contributed by atoms with E-state index in [0.717, 1.165) is 19.6 Å². The number of hydrogen-bond donors (Lipinski definition) is 0. The van der Waals surface area contributed by atoms with Crippen LogP contribution in [0.4, 0.5) is 0 Å². The maximum atomic E-state index is 5.83. The van der Waals surface area contributed by atoms with Gasteiger partial charge in [-0.05, 0) is 39.6 Å². The Bertz CT molecular complexity index is 398. The summed E-state index contributed by atoms with van der Waals surface area (Å²) in [4.78, 5) is 0. The molecule has 11 heavy (non-hydrogen) atoms. The zero-order valence-corrected chi connectivity index (χ0v) is 8.50. The van der Waals surface area contributed by atoms with Crippen LogP contribution in [0.15, 0.2) is 22.8 Å². The van der Waals surface area contributed by atoms with E-state index in [0.29, 0.717) is 0 Å². The van der Waals surface area contributed by atoms with Gasteiger partial charge in [-0.15, -0.1) is 0 Å². The number of rotatable bonds is 0. The molecule has 0 atom stereocenters. The Labute approximate surface area is 81.3 Å². The lowest BCUT2D eigenvalue weighted by Gasteiger charge is -1.92. The summed E-state index contributed by atoms with van der Waals surface area (Å²) in [5.41, 5.74) is 0. The summed E-state index contributed by atoms with van der Waals surface area (Å²) in [6, 6.07) is 3.78. The number of hydrogen-bond acceptors (Lipinski definition) is 2. The van der Waals surface area contributed by atoms with E-state index in [-0.39, 0.29) is 0 Å². The Morgan fingerprint density at radius 2 is 2.27 bits per heavy atom. The lowest BCUT2D eigenvalue weighted by Crippen LogP contribution is -1.66. The Morgan fingerprint density at radius 1 is 1.45 bits per heavy atom. The summed E-state index contributed by atoms with van der Waals surface area (Å²) < 4.78 is 6.22. The molecule has 0 aliphatic heterocycles. The second kappa shape index (κ2) is 2.73. The van der Waals surface area contributed by atoms with Crippen molar-refractivity contribution in [2.75, 3.05) is 0 Å². The Morgan fingerprint density at radius 3 is 3.09 bits per heavy atom. The highest BCUT2D eigenvalue weighted by Gasteiger charge is 2.01. The van der Waals surface area contributed by atoms with E-state index < -0.39 is 0 Å². The fraction of sp³-hybridized carbons (Fsp3) is 0. The van der Waals surface area contributed by atoms with Crippen LogP contribution >= 0.6 is 39.1 Å². The molecule has 0 saturated heterocycles. The van der Waals surface area contributed by atoms with Crippen molar-refractivity contribution in [1.82, 2.24) is 4.37 Å². The van der Waals surface area contributed by atoms with Crippen LogP contribution in [-0.4, -0.2) is 4.37 Å². The lowest BCUT2D eigenvalue weighted by atomic mass is 10.3. The SMILES string of the molecule is Clc1cc(Br)c2sncc2c1. The smallest absolute Gasteiger partial charge is 0.0693 e. The zero-order chi connectivity index (χ0) is 7.84. The van der Waals surface area contributed by atoms with Crippen molar-refractivity contribution in [1.29, 1.82) is 0 Å². The number of nitrogens with zero attached hydrogens (tertiary/aromatic N) is 1. The molecule has 0 unspecified atom stereocenters. The topological polar surface area (TPSA) is 12.9 Å². The van der Waals surface area contributed by atoms with Gasteiger partial charge in [0.15, 0.2) is 0 Å². The molecule has 0 radical (unpaired) electrons. The molecule has 1 heterocycles. The molecule has 0 saturated carbocycles. The van der Waals surface area contributed by atoms with E-state index in [1.54, 1.807) is 0 Å². The molecule has 1 nitrogen and oxygen atoms in total.